The van der Waals surface area contributed by atoms with Crippen molar-refractivity contribution in [1.82, 2.24) is 4.90 Å². The van der Waals surface area contributed by atoms with Gasteiger partial charge in [0.2, 0.25) is 0 Å². The van der Waals surface area contributed by atoms with Crippen molar-refractivity contribution in [2.24, 2.45) is 0 Å². The molecule has 6 heteroatoms. The standard InChI is InChI=1S/C28H32N2O4/c1-18(2)10-11-20-7-5-8-22(15-20)27(31)29-24-16-21-12-13-25(19(3)26(21)34-28(24)32)33-23-9-6-14-30(4)17-23/h5,7-8,10,12-13,15-16,23H,6,9,11,14,17H2,1-4H3,(H,29,31). The number of allylic oxidation sites excluding steroid dienone is 2. The largest absolute Gasteiger partial charge is 0.489 e. The predicted octanol–water partition coefficient (Wildman–Crippen LogP) is 5.34. The van der Waals surface area contributed by atoms with Crippen LogP contribution in [0.3, 0.4) is 0 Å². The molecule has 0 bridgehead atoms. The van der Waals surface area contributed by atoms with Crippen LogP contribution >= 0.6 is 0 Å². The van der Waals surface area contributed by atoms with Crippen molar-refractivity contribution in [3.8, 4) is 5.75 Å². The van der Waals surface area contributed by atoms with Crippen LogP contribution in [0.2, 0.25) is 0 Å². The molecule has 1 unspecified atom stereocenters. The maximum atomic E-state index is 12.8. The Bertz CT molecular complexity index is 1290. The molecule has 1 fully saturated rings. The van der Waals surface area contributed by atoms with E-state index in [0.717, 1.165) is 54.6 Å². The molecule has 1 aliphatic heterocycles. The molecule has 1 aromatic heterocycles. The van der Waals surface area contributed by atoms with E-state index >= 15 is 0 Å². The number of nitrogens with one attached hydrogen (secondary N) is 1. The zero-order valence-electron chi connectivity index (χ0n) is 20.3. The minimum atomic E-state index is -0.584. The topological polar surface area (TPSA) is 71.8 Å². The summed E-state index contributed by atoms with van der Waals surface area (Å²) in [7, 11) is 2.09. The molecule has 6 nitrogen and oxygen atoms in total. The fraction of sp³-hybridized carbons (Fsp3) is 0.357. The Morgan fingerprint density at radius 2 is 2.06 bits per heavy atom. The van der Waals surface area contributed by atoms with Crippen molar-refractivity contribution in [1.29, 1.82) is 0 Å². The van der Waals surface area contributed by atoms with Gasteiger partial charge in [0.1, 0.15) is 23.1 Å². The molecular formula is C28H32N2O4. The lowest BCUT2D eigenvalue weighted by Gasteiger charge is -2.30. The number of benzene rings is 2. The van der Waals surface area contributed by atoms with Gasteiger partial charge in [-0.05, 0) is 89.5 Å². The Kier molecular flexibility index (Phi) is 7.17. The molecule has 1 saturated heterocycles. The van der Waals surface area contributed by atoms with Gasteiger partial charge in [-0.25, -0.2) is 4.79 Å². The second-order valence-electron chi connectivity index (χ2n) is 9.34. The Hall–Kier alpha value is -3.38. The van der Waals surface area contributed by atoms with Gasteiger partial charge >= 0.3 is 5.63 Å². The number of ether oxygens (including phenoxy) is 1. The molecule has 4 rings (SSSR count). The maximum Gasteiger partial charge on any atom is 0.360 e. The molecule has 0 spiro atoms. The van der Waals surface area contributed by atoms with Crippen LogP contribution in [0.4, 0.5) is 5.69 Å². The number of likely N-dealkylation sites (tertiary alicyclic amines) is 1. The van der Waals surface area contributed by atoms with Crippen molar-refractivity contribution >= 4 is 22.6 Å². The normalized spacial score (nSPS) is 16.3. The van der Waals surface area contributed by atoms with Crippen LogP contribution in [-0.2, 0) is 6.42 Å². The first-order valence-corrected chi connectivity index (χ1v) is 11.8. The third-order valence-corrected chi connectivity index (χ3v) is 6.16. The number of aryl methyl sites for hydroxylation is 1. The average Bonchev–Trinajstić information content (AvgIpc) is 2.81. The van der Waals surface area contributed by atoms with E-state index in [-0.39, 0.29) is 17.7 Å². The summed E-state index contributed by atoms with van der Waals surface area (Å²) >= 11 is 0. The number of fused-ring (bicyclic) bond motifs is 1. The molecule has 3 aromatic rings. The highest BCUT2D eigenvalue weighted by molar-refractivity contribution is 6.05. The molecule has 0 radical (unpaired) electrons. The maximum absolute atomic E-state index is 12.8. The SMILES string of the molecule is CC(C)=CCc1cccc(C(=O)Nc2cc3ccc(OC4CCCN(C)C4)c(C)c3oc2=O)c1. The third-order valence-electron chi connectivity index (χ3n) is 6.16. The summed E-state index contributed by atoms with van der Waals surface area (Å²) in [6.07, 6.45) is 5.09. The summed E-state index contributed by atoms with van der Waals surface area (Å²) in [5.41, 5.74) is 3.55. The van der Waals surface area contributed by atoms with Gasteiger partial charge in [0, 0.05) is 23.1 Å². The zero-order chi connectivity index (χ0) is 24.2. The summed E-state index contributed by atoms with van der Waals surface area (Å²) in [6, 6.07) is 12.8. The molecule has 1 N–H and O–H groups in total. The highest BCUT2D eigenvalue weighted by Crippen LogP contribution is 2.29. The summed E-state index contributed by atoms with van der Waals surface area (Å²) in [5, 5.41) is 3.45. The summed E-state index contributed by atoms with van der Waals surface area (Å²) < 4.78 is 11.9. The number of piperidine rings is 1. The highest BCUT2D eigenvalue weighted by Gasteiger charge is 2.20. The van der Waals surface area contributed by atoms with Crippen molar-refractivity contribution < 1.29 is 13.9 Å². The molecule has 178 valence electrons. The van der Waals surface area contributed by atoms with Gasteiger partial charge in [-0.3, -0.25) is 4.79 Å². The number of nitrogens with zero attached hydrogens (tertiary/aromatic N) is 1. The van der Waals surface area contributed by atoms with E-state index in [0.29, 0.717) is 11.1 Å². The quantitative estimate of drug-likeness (QED) is 0.397. The van der Waals surface area contributed by atoms with Gasteiger partial charge in [0.25, 0.3) is 5.91 Å². The molecular weight excluding hydrogens is 428 g/mol. The number of hydrogen-bond donors (Lipinski definition) is 1. The highest BCUT2D eigenvalue weighted by atomic mass is 16.5. The van der Waals surface area contributed by atoms with Crippen LogP contribution in [0, 0.1) is 6.92 Å². The van der Waals surface area contributed by atoms with Gasteiger partial charge in [-0.1, -0.05) is 23.8 Å². The monoisotopic (exact) mass is 460 g/mol. The Morgan fingerprint density at radius 1 is 1.24 bits per heavy atom. The van der Waals surface area contributed by atoms with Crippen molar-refractivity contribution in [3.63, 3.8) is 0 Å². The first-order valence-electron chi connectivity index (χ1n) is 11.8. The van der Waals surface area contributed by atoms with Crippen LogP contribution in [0.15, 0.2) is 63.3 Å². The van der Waals surface area contributed by atoms with Crippen LogP contribution in [0.1, 0.15) is 48.2 Å². The van der Waals surface area contributed by atoms with Gasteiger partial charge < -0.3 is 19.4 Å². The van der Waals surface area contributed by atoms with Crippen molar-refractivity contribution in [3.05, 3.63) is 81.2 Å². The minimum absolute atomic E-state index is 0.118. The predicted molar refractivity (Wildman–Crippen MR) is 136 cm³/mol. The summed E-state index contributed by atoms with van der Waals surface area (Å²) in [5.74, 6) is 0.379. The van der Waals surface area contributed by atoms with E-state index in [9.17, 15) is 9.59 Å². The number of carbonyl (C=O) groups excluding carboxylic acids is 1. The average molecular weight is 461 g/mol. The Labute approximate surface area is 200 Å². The first-order chi connectivity index (χ1) is 16.3. The molecule has 1 aliphatic rings. The van der Waals surface area contributed by atoms with Crippen LogP contribution in [0.25, 0.3) is 11.0 Å². The van der Waals surface area contributed by atoms with Crippen LogP contribution < -0.4 is 15.7 Å². The number of rotatable bonds is 6. The van der Waals surface area contributed by atoms with Crippen LogP contribution in [0.5, 0.6) is 5.75 Å². The summed E-state index contributed by atoms with van der Waals surface area (Å²) in [6.45, 7) is 7.94. The van der Waals surface area contributed by atoms with E-state index in [1.807, 2.05) is 51.1 Å². The van der Waals surface area contributed by atoms with E-state index in [4.69, 9.17) is 9.15 Å². The lowest BCUT2D eigenvalue weighted by Crippen LogP contribution is -2.38. The molecule has 2 aromatic carbocycles. The molecule has 0 saturated carbocycles. The van der Waals surface area contributed by atoms with E-state index in [1.165, 1.54) is 5.57 Å². The van der Waals surface area contributed by atoms with E-state index in [2.05, 4.69) is 23.3 Å². The smallest absolute Gasteiger partial charge is 0.360 e. The molecule has 1 atom stereocenters. The second kappa shape index (κ2) is 10.3. The van der Waals surface area contributed by atoms with Crippen molar-refractivity contribution in [2.45, 2.75) is 46.1 Å². The minimum Gasteiger partial charge on any atom is -0.489 e. The van der Waals surface area contributed by atoms with Gasteiger partial charge in [0.05, 0.1) is 0 Å². The Balaban J connectivity index is 1.54. The van der Waals surface area contributed by atoms with E-state index < -0.39 is 5.63 Å². The lowest BCUT2D eigenvalue weighted by atomic mass is 10.1. The lowest BCUT2D eigenvalue weighted by molar-refractivity contribution is 0.102. The number of carbonyl (C=O) groups is 1. The Morgan fingerprint density at radius 3 is 2.82 bits per heavy atom. The molecule has 2 heterocycles. The summed E-state index contributed by atoms with van der Waals surface area (Å²) in [4.78, 5) is 27.8. The van der Waals surface area contributed by atoms with E-state index in [1.54, 1.807) is 12.1 Å². The second-order valence-corrected chi connectivity index (χ2v) is 9.34. The fourth-order valence-corrected chi connectivity index (χ4v) is 4.27. The molecule has 0 aliphatic carbocycles. The van der Waals surface area contributed by atoms with Crippen LogP contribution in [-0.4, -0.2) is 37.0 Å². The fourth-order valence-electron chi connectivity index (χ4n) is 4.27. The number of hydrogen-bond acceptors (Lipinski definition) is 5. The van der Waals surface area contributed by atoms with Crippen molar-refractivity contribution in [2.75, 3.05) is 25.5 Å². The molecule has 34 heavy (non-hydrogen) atoms. The molecule has 1 amide bonds. The number of anilines is 1. The first kappa shape index (κ1) is 23.8. The zero-order valence-corrected chi connectivity index (χ0v) is 20.3. The van der Waals surface area contributed by atoms with Gasteiger partial charge in [-0.15, -0.1) is 0 Å². The number of likely N-dealkylation sites (N-methyl/N-ethyl adjacent to an activating group) is 1. The third kappa shape index (κ3) is 5.57. The van der Waals surface area contributed by atoms with Gasteiger partial charge in [0.15, 0.2) is 0 Å². The number of amides is 1. The van der Waals surface area contributed by atoms with Gasteiger partial charge in [-0.2, -0.15) is 0 Å².